The van der Waals surface area contributed by atoms with E-state index in [0.29, 0.717) is 16.8 Å². The van der Waals surface area contributed by atoms with E-state index in [1.54, 1.807) is 35.7 Å². The van der Waals surface area contributed by atoms with Crippen LogP contribution in [0.4, 0.5) is 0 Å². The fraction of sp³-hybridized carbons (Fsp3) is 0.167. The molecule has 0 aliphatic rings. The maximum absolute atomic E-state index is 11.8. The number of carboxylic acid groups (broad SMARTS) is 1. The van der Waals surface area contributed by atoms with Crippen LogP contribution < -0.4 is 0 Å². The van der Waals surface area contributed by atoms with Crippen LogP contribution in [0.25, 0.3) is 16.6 Å². The Balaban J connectivity index is 2.39. The maximum atomic E-state index is 11.8. The first kappa shape index (κ1) is 14.8. The highest BCUT2D eigenvalue weighted by Gasteiger charge is 2.21. The van der Waals surface area contributed by atoms with Gasteiger partial charge in [0.1, 0.15) is 0 Å². The molecule has 0 amide bonds. The second-order valence-electron chi connectivity index (χ2n) is 5.30. The van der Waals surface area contributed by atoms with E-state index >= 15 is 0 Å². The number of hydrogen-bond acceptors (Lipinski definition) is 3. The Labute approximate surface area is 133 Å². The molecule has 0 saturated heterocycles. The molecule has 2 heterocycles. The van der Waals surface area contributed by atoms with Gasteiger partial charge in [-0.15, -0.1) is 0 Å². The molecule has 23 heavy (non-hydrogen) atoms. The molecular formula is C18H15N3O2. The van der Waals surface area contributed by atoms with Crippen LogP contribution in [0.3, 0.4) is 0 Å². The van der Waals surface area contributed by atoms with Crippen molar-refractivity contribution >= 4 is 11.5 Å². The number of rotatable bonds is 3. The molecule has 0 unspecified atom stereocenters. The standard InChI is InChI=1S/C18H15N3O2/c1-3-14-8-9-15-17(13-6-4-12(10-19)5-7-13)16(18(22)23)11(2)20-21(14)15/h4-9H,3H2,1-2H3,(H,22,23). The van der Waals surface area contributed by atoms with Crippen LogP contribution in [-0.2, 0) is 6.42 Å². The highest BCUT2D eigenvalue weighted by Crippen LogP contribution is 2.31. The zero-order valence-electron chi connectivity index (χ0n) is 12.9. The van der Waals surface area contributed by atoms with Crippen molar-refractivity contribution in [3.63, 3.8) is 0 Å². The second-order valence-corrected chi connectivity index (χ2v) is 5.30. The molecule has 5 nitrogen and oxygen atoms in total. The van der Waals surface area contributed by atoms with E-state index in [9.17, 15) is 9.90 Å². The summed E-state index contributed by atoms with van der Waals surface area (Å²) >= 11 is 0. The zero-order valence-corrected chi connectivity index (χ0v) is 12.9. The smallest absolute Gasteiger partial charge is 0.338 e. The molecule has 114 valence electrons. The minimum absolute atomic E-state index is 0.197. The van der Waals surface area contributed by atoms with E-state index in [2.05, 4.69) is 11.2 Å². The van der Waals surface area contributed by atoms with E-state index in [1.807, 2.05) is 19.1 Å². The molecule has 5 heteroatoms. The van der Waals surface area contributed by atoms with E-state index in [4.69, 9.17) is 5.26 Å². The van der Waals surface area contributed by atoms with Gasteiger partial charge in [-0.2, -0.15) is 10.4 Å². The summed E-state index contributed by atoms with van der Waals surface area (Å²) in [5.74, 6) is -1.00. The van der Waals surface area contributed by atoms with Crippen molar-refractivity contribution in [2.24, 2.45) is 0 Å². The van der Waals surface area contributed by atoms with Crippen LogP contribution in [-0.4, -0.2) is 20.7 Å². The van der Waals surface area contributed by atoms with Gasteiger partial charge in [-0.05, 0) is 43.2 Å². The van der Waals surface area contributed by atoms with Gasteiger partial charge in [0.05, 0.1) is 28.4 Å². The van der Waals surface area contributed by atoms with E-state index in [1.165, 1.54) is 0 Å². The number of aromatic carboxylic acids is 1. The highest BCUT2D eigenvalue weighted by molar-refractivity contribution is 6.02. The number of benzene rings is 1. The predicted octanol–water partition coefficient (Wildman–Crippen LogP) is 3.44. The molecule has 0 radical (unpaired) electrons. The van der Waals surface area contributed by atoms with Crippen LogP contribution in [0.5, 0.6) is 0 Å². The largest absolute Gasteiger partial charge is 0.478 e. The third-order valence-electron chi connectivity index (χ3n) is 3.93. The second kappa shape index (κ2) is 5.58. The molecule has 0 fully saturated rings. The number of carboxylic acids is 1. The van der Waals surface area contributed by atoms with Crippen LogP contribution in [0, 0.1) is 18.3 Å². The van der Waals surface area contributed by atoms with Crippen LogP contribution >= 0.6 is 0 Å². The molecule has 0 spiro atoms. The summed E-state index contributed by atoms with van der Waals surface area (Å²) < 4.78 is 1.80. The molecular weight excluding hydrogens is 290 g/mol. The minimum Gasteiger partial charge on any atom is -0.478 e. The van der Waals surface area contributed by atoms with Gasteiger partial charge in [-0.1, -0.05) is 19.1 Å². The number of carbonyl (C=O) groups is 1. The summed E-state index contributed by atoms with van der Waals surface area (Å²) in [4.78, 5) is 11.8. The van der Waals surface area contributed by atoms with Crippen molar-refractivity contribution < 1.29 is 9.90 Å². The van der Waals surface area contributed by atoms with Gasteiger partial charge in [0.15, 0.2) is 0 Å². The fourth-order valence-electron chi connectivity index (χ4n) is 2.82. The van der Waals surface area contributed by atoms with Crippen molar-refractivity contribution in [2.45, 2.75) is 20.3 Å². The average molecular weight is 305 g/mol. The summed E-state index contributed by atoms with van der Waals surface area (Å²) in [6.07, 6.45) is 0.805. The lowest BCUT2D eigenvalue weighted by atomic mass is 9.98. The Morgan fingerprint density at radius 2 is 1.96 bits per heavy atom. The number of aryl methyl sites for hydroxylation is 2. The quantitative estimate of drug-likeness (QED) is 0.804. The molecule has 1 aromatic carbocycles. The third kappa shape index (κ3) is 2.34. The molecule has 0 aliphatic carbocycles. The number of nitrogens with zero attached hydrogens (tertiary/aromatic N) is 3. The normalized spacial score (nSPS) is 10.7. The minimum atomic E-state index is -1.00. The number of nitriles is 1. The SMILES string of the molecule is CCc1ccc2c(-c3ccc(C#N)cc3)c(C(=O)O)c(C)nn12. The number of hydrogen-bond donors (Lipinski definition) is 1. The van der Waals surface area contributed by atoms with Crippen molar-refractivity contribution in [3.05, 3.63) is 58.9 Å². The maximum Gasteiger partial charge on any atom is 0.338 e. The summed E-state index contributed by atoms with van der Waals surface area (Å²) in [7, 11) is 0. The first-order valence-corrected chi connectivity index (χ1v) is 7.31. The van der Waals surface area contributed by atoms with Gasteiger partial charge < -0.3 is 5.11 Å². The van der Waals surface area contributed by atoms with Gasteiger partial charge in [0.25, 0.3) is 0 Å². The molecule has 3 rings (SSSR count). The monoisotopic (exact) mass is 305 g/mol. The van der Waals surface area contributed by atoms with Crippen molar-refractivity contribution in [1.29, 1.82) is 5.26 Å². The lowest BCUT2D eigenvalue weighted by Crippen LogP contribution is -2.10. The fourth-order valence-corrected chi connectivity index (χ4v) is 2.82. The summed E-state index contributed by atoms with van der Waals surface area (Å²) in [6.45, 7) is 3.74. The highest BCUT2D eigenvalue weighted by atomic mass is 16.4. The van der Waals surface area contributed by atoms with Gasteiger partial charge in [-0.3, -0.25) is 0 Å². The predicted molar refractivity (Wildman–Crippen MR) is 86.4 cm³/mol. The molecule has 0 saturated carbocycles. The molecule has 0 bridgehead atoms. The Morgan fingerprint density at radius 3 is 2.52 bits per heavy atom. The molecule has 0 aliphatic heterocycles. The molecule has 2 aromatic heterocycles. The van der Waals surface area contributed by atoms with Gasteiger partial charge >= 0.3 is 5.97 Å². The lowest BCUT2D eigenvalue weighted by molar-refractivity contribution is 0.0696. The van der Waals surface area contributed by atoms with Crippen LogP contribution in [0.1, 0.15) is 34.2 Å². The Kier molecular flexibility index (Phi) is 3.59. The van der Waals surface area contributed by atoms with Crippen LogP contribution in [0.15, 0.2) is 36.4 Å². The van der Waals surface area contributed by atoms with Crippen molar-refractivity contribution in [1.82, 2.24) is 9.61 Å². The van der Waals surface area contributed by atoms with Crippen LogP contribution in [0.2, 0.25) is 0 Å². The van der Waals surface area contributed by atoms with Crippen molar-refractivity contribution in [3.8, 4) is 17.2 Å². The zero-order chi connectivity index (χ0) is 16.6. The first-order valence-electron chi connectivity index (χ1n) is 7.31. The number of fused-ring (bicyclic) bond motifs is 1. The Bertz CT molecular complexity index is 947. The Hall–Kier alpha value is -3.13. The van der Waals surface area contributed by atoms with E-state index in [0.717, 1.165) is 23.2 Å². The first-order chi connectivity index (χ1) is 11.1. The van der Waals surface area contributed by atoms with Gasteiger partial charge in [-0.25, -0.2) is 9.31 Å². The van der Waals surface area contributed by atoms with E-state index < -0.39 is 5.97 Å². The van der Waals surface area contributed by atoms with E-state index in [-0.39, 0.29) is 5.56 Å². The average Bonchev–Trinajstić information content (AvgIpc) is 2.95. The topological polar surface area (TPSA) is 78.4 Å². The lowest BCUT2D eigenvalue weighted by Gasteiger charge is -2.12. The molecule has 0 atom stereocenters. The summed E-state index contributed by atoms with van der Waals surface area (Å²) in [5.41, 5.74) is 4.38. The van der Waals surface area contributed by atoms with Gasteiger partial charge in [0.2, 0.25) is 0 Å². The number of aromatic nitrogens is 2. The molecule has 1 N–H and O–H groups in total. The summed E-state index contributed by atoms with van der Waals surface area (Å²) in [6, 6.07) is 12.9. The van der Waals surface area contributed by atoms with Crippen molar-refractivity contribution in [2.75, 3.05) is 0 Å². The summed E-state index contributed by atoms with van der Waals surface area (Å²) in [5, 5.41) is 23.0. The third-order valence-corrected chi connectivity index (χ3v) is 3.93. The Morgan fingerprint density at radius 1 is 1.26 bits per heavy atom. The van der Waals surface area contributed by atoms with Gasteiger partial charge in [0, 0.05) is 11.3 Å². The molecule has 3 aromatic rings.